The number of carbonyl (C=O) groups is 1. The van der Waals surface area contributed by atoms with Crippen LogP contribution in [0, 0.1) is 0 Å². The van der Waals surface area contributed by atoms with Crippen LogP contribution >= 0.6 is 11.3 Å². The maximum Gasteiger partial charge on any atom is 0.254 e. The number of piperazine rings is 1. The number of benzene rings is 3. The van der Waals surface area contributed by atoms with Gasteiger partial charge in [-0.1, -0.05) is 41.7 Å². The van der Waals surface area contributed by atoms with E-state index in [0.29, 0.717) is 24.4 Å². The second-order valence-corrected chi connectivity index (χ2v) is 8.53. The first-order chi connectivity index (χ1) is 15.7. The van der Waals surface area contributed by atoms with Gasteiger partial charge in [-0.3, -0.25) is 4.79 Å². The lowest BCUT2D eigenvalue weighted by molar-refractivity contribution is 0.0746. The van der Waals surface area contributed by atoms with Crippen molar-refractivity contribution in [1.29, 1.82) is 0 Å². The van der Waals surface area contributed by atoms with Crippen LogP contribution in [0.25, 0.3) is 10.2 Å². The lowest BCUT2D eigenvalue weighted by Gasteiger charge is -2.34. The van der Waals surface area contributed by atoms with Gasteiger partial charge in [0.25, 0.3) is 5.91 Å². The van der Waals surface area contributed by atoms with Crippen LogP contribution < -0.4 is 14.4 Å². The molecule has 5 rings (SSSR count). The lowest BCUT2D eigenvalue weighted by atomic mass is 10.1. The molecular weight excluding hydrogens is 422 g/mol. The lowest BCUT2D eigenvalue weighted by Crippen LogP contribution is -2.48. The van der Waals surface area contributed by atoms with Crippen LogP contribution in [-0.2, 0) is 0 Å². The van der Waals surface area contributed by atoms with Gasteiger partial charge in [-0.2, -0.15) is 0 Å². The quantitative estimate of drug-likeness (QED) is 0.430. The van der Waals surface area contributed by atoms with Crippen molar-refractivity contribution in [1.82, 2.24) is 9.88 Å². The Morgan fingerprint density at radius 1 is 0.906 bits per heavy atom. The zero-order valence-electron chi connectivity index (χ0n) is 17.7. The van der Waals surface area contributed by atoms with Crippen LogP contribution in [0.15, 0.2) is 72.8 Å². The highest BCUT2D eigenvalue weighted by Gasteiger charge is 2.24. The molecule has 32 heavy (non-hydrogen) atoms. The predicted molar refractivity (Wildman–Crippen MR) is 127 cm³/mol. The molecule has 1 fully saturated rings. The molecule has 3 aromatic carbocycles. The fraction of sp³-hybridized carbons (Fsp3) is 0.200. The number of anilines is 1. The number of methoxy groups -OCH3 is 1. The molecule has 0 N–H and O–H groups in total. The van der Waals surface area contributed by atoms with Gasteiger partial charge in [0.2, 0.25) is 0 Å². The van der Waals surface area contributed by atoms with Crippen molar-refractivity contribution in [2.24, 2.45) is 0 Å². The van der Waals surface area contributed by atoms with Gasteiger partial charge < -0.3 is 19.3 Å². The largest absolute Gasteiger partial charge is 0.494 e. The molecule has 1 saturated heterocycles. The summed E-state index contributed by atoms with van der Waals surface area (Å²) >= 11 is 1.66. The van der Waals surface area contributed by atoms with Crippen molar-refractivity contribution in [3.8, 4) is 17.2 Å². The van der Waals surface area contributed by atoms with Crippen LogP contribution in [0.5, 0.6) is 17.2 Å². The minimum atomic E-state index is 0.0223. The number of nitrogens with zero attached hydrogens (tertiary/aromatic N) is 3. The van der Waals surface area contributed by atoms with Crippen LogP contribution in [0.1, 0.15) is 10.4 Å². The maximum absolute atomic E-state index is 13.1. The first-order valence-electron chi connectivity index (χ1n) is 10.5. The molecule has 0 bridgehead atoms. The Labute approximate surface area is 190 Å². The summed E-state index contributed by atoms with van der Waals surface area (Å²) in [5.41, 5.74) is 1.53. The summed E-state index contributed by atoms with van der Waals surface area (Å²) in [5, 5.41) is 0.967. The smallest absolute Gasteiger partial charge is 0.254 e. The molecule has 4 aromatic rings. The van der Waals surface area contributed by atoms with Gasteiger partial charge in [-0.15, -0.1) is 0 Å². The van der Waals surface area contributed by atoms with E-state index in [9.17, 15) is 4.79 Å². The highest BCUT2D eigenvalue weighted by Crippen LogP contribution is 2.34. The number of fused-ring (bicyclic) bond motifs is 1. The molecular formula is C25H23N3O3S. The normalized spacial score (nSPS) is 13.9. The van der Waals surface area contributed by atoms with Gasteiger partial charge in [0, 0.05) is 31.7 Å². The second kappa shape index (κ2) is 8.88. The zero-order valence-corrected chi connectivity index (χ0v) is 18.5. The van der Waals surface area contributed by atoms with Crippen LogP contribution in [0.4, 0.5) is 5.13 Å². The van der Waals surface area contributed by atoms with Crippen LogP contribution in [0.2, 0.25) is 0 Å². The molecule has 0 aliphatic carbocycles. The first kappa shape index (κ1) is 20.3. The fourth-order valence-electron chi connectivity index (χ4n) is 3.81. The van der Waals surface area contributed by atoms with Gasteiger partial charge in [0.1, 0.15) is 22.8 Å². The molecule has 7 heteroatoms. The number of carbonyl (C=O) groups excluding carboxylic acids is 1. The molecule has 162 valence electrons. The van der Waals surface area contributed by atoms with E-state index in [1.54, 1.807) is 18.4 Å². The van der Waals surface area contributed by atoms with E-state index in [1.165, 1.54) is 0 Å². The van der Waals surface area contributed by atoms with Gasteiger partial charge in [0.05, 0.1) is 11.8 Å². The van der Waals surface area contributed by atoms with Crippen molar-refractivity contribution in [3.05, 3.63) is 78.4 Å². The number of ether oxygens (including phenoxy) is 2. The molecule has 0 spiro atoms. The van der Waals surface area contributed by atoms with Gasteiger partial charge in [0.15, 0.2) is 5.13 Å². The number of rotatable bonds is 5. The van der Waals surface area contributed by atoms with Gasteiger partial charge >= 0.3 is 0 Å². The summed E-state index contributed by atoms with van der Waals surface area (Å²) in [4.78, 5) is 22.0. The minimum absolute atomic E-state index is 0.0223. The van der Waals surface area contributed by atoms with E-state index in [-0.39, 0.29) is 5.91 Å². The summed E-state index contributed by atoms with van der Waals surface area (Å²) in [5.74, 6) is 2.22. The number of para-hydroxylation sites is 2. The molecule has 1 aromatic heterocycles. The molecule has 0 unspecified atom stereocenters. The Morgan fingerprint density at radius 2 is 1.66 bits per heavy atom. The second-order valence-electron chi connectivity index (χ2n) is 7.53. The number of thiazole rings is 1. The number of hydrogen-bond acceptors (Lipinski definition) is 6. The van der Waals surface area contributed by atoms with Crippen LogP contribution in [-0.4, -0.2) is 49.1 Å². The van der Waals surface area contributed by atoms with E-state index in [2.05, 4.69) is 11.0 Å². The van der Waals surface area contributed by atoms with Crippen molar-refractivity contribution >= 4 is 32.6 Å². The third-order valence-electron chi connectivity index (χ3n) is 5.49. The monoisotopic (exact) mass is 445 g/mol. The van der Waals surface area contributed by atoms with Gasteiger partial charge in [-0.25, -0.2) is 4.98 Å². The molecule has 0 atom stereocenters. The van der Waals surface area contributed by atoms with Crippen molar-refractivity contribution in [2.45, 2.75) is 0 Å². The maximum atomic E-state index is 13.1. The highest BCUT2D eigenvalue weighted by atomic mass is 32.1. The Hall–Kier alpha value is -3.58. The fourth-order valence-corrected chi connectivity index (χ4v) is 4.85. The Bertz CT molecular complexity index is 1230. The minimum Gasteiger partial charge on any atom is -0.494 e. The SMILES string of the molecule is COc1cccc2sc(N3CCN(C(=O)c4cccc(Oc5ccccc5)c4)CC3)nc12. The molecule has 0 saturated carbocycles. The average molecular weight is 446 g/mol. The van der Waals surface area contributed by atoms with E-state index in [1.807, 2.05) is 71.6 Å². The predicted octanol–water partition coefficient (Wildman–Crippen LogP) is 5.06. The van der Waals surface area contributed by atoms with Crippen LogP contribution in [0.3, 0.4) is 0 Å². The first-order valence-corrected chi connectivity index (χ1v) is 11.3. The topological polar surface area (TPSA) is 54.9 Å². The summed E-state index contributed by atoms with van der Waals surface area (Å²) in [7, 11) is 1.66. The number of amides is 1. The van der Waals surface area contributed by atoms with E-state index >= 15 is 0 Å². The van der Waals surface area contributed by atoms with Gasteiger partial charge in [-0.05, 0) is 42.5 Å². The molecule has 2 heterocycles. The molecule has 1 aliphatic rings. The summed E-state index contributed by atoms with van der Waals surface area (Å²) in [6.45, 7) is 2.79. The highest BCUT2D eigenvalue weighted by molar-refractivity contribution is 7.22. The van der Waals surface area contributed by atoms with E-state index in [0.717, 1.165) is 39.9 Å². The average Bonchev–Trinajstić information content (AvgIpc) is 3.29. The third kappa shape index (κ3) is 4.11. The Morgan fingerprint density at radius 3 is 2.44 bits per heavy atom. The Balaban J connectivity index is 1.25. The molecule has 1 aliphatic heterocycles. The van der Waals surface area contributed by atoms with Crippen molar-refractivity contribution < 1.29 is 14.3 Å². The molecule has 0 radical (unpaired) electrons. The number of hydrogen-bond donors (Lipinski definition) is 0. The summed E-state index contributed by atoms with van der Waals surface area (Å²) in [6, 6.07) is 22.9. The Kier molecular flexibility index (Phi) is 5.64. The zero-order chi connectivity index (χ0) is 21.9. The van der Waals surface area contributed by atoms with E-state index < -0.39 is 0 Å². The standard InChI is InChI=1S/C25H23N3O3S/c1-30-21-11-6-12-22-23(21)26-25(32-22)28-15-13-27(14-16-28)24(29)18-7-5-10-20(17-18)31-19-8-3-2-4-9-19/h2-12,17H,13-16H2,1H3. The van der Waals surface area contributed by atoms with E-state index in [4.69, 9.17) is 14.5 Å². The summed E-state index contributed by atoms with van der Waals surface area (Å²) < 4.78 is 12.4. The van der Waals surface area contributed by atoms with Crippen molar-refractivity contribution in [2.75, 3.05) is 38.2 Å². The molecule has 6 nitrogen and oxygen atoms in total. The summed E-state index contributed by atoms with van der Waals surface area (Å²) in [6.07, 6.45) is 0. The number of aromatic nitrogens is 1. The van der Waals surface area contributed by atoms with Crippen molar-refractivity contribution in [3.63, 3.8) is 0 Å². The third-order valence-corrected chi connectivity index (χ3v) is 6.57. The molecule has 1 amide bonds.